The number of hydrogen-bond acceptors (Lipinski definition) is 2. The van der Waals surface area contributed by atoms with Crippen LogP contribution in [0.15, 0.2) is 28.7 Å². The van der Waals surface area contributed by atoms with Crippen molar-refractivity contribution in [3.05, 3.63) is 34.3 Å². The maximum atomic E-state index is 12.0. The van der Waals surface area contributed by atoms with Crippen LogP contribution in [-0.2, 0) is 0 Å². The third-order valence-electron chi connectivity index (χ3n) is 2.75. The van der Waals surface area contributed by atoms with Crippen LogP contribution in [0, 0.1) is 0 Å². The van der Waals surface area contributed by atoms with E-state index in [-0.39, 0.29) is 24.4 Å². The topological polar surface area (TPSA) is 41.1 Å². The average molecular weight is 320 g/mol. The Morgan fingerprint density at radius 3 is 2.82 bits per heavy atom. The van der Waals surface area contributed by atoms with E-state index in [9.17, 15) is 4.79 Å². The third kappa shape index (κ3) is 3.98. The van der Waals surface area contributed by atoms with Crippen molar-refractivity contribution >= 4 is 34.2 Å². The highest BCUT2D eigenvalue weighted by Crippen LogP contribution is 2.16. The number of hydrogen-bond donors (Lipinski definition) is 2. The largest absolute Gasteiger partial charge is 0.348 e. The van der Waals surface area contributed by atoms with E-state index >= 15 is 0 Å². The number of halogens is 2. The van der Waals surface area contributed by atoms with Crippen molar-refractivity contribution in [2.45, 2.75) is 18.9 Å². The molecule has 1 saturated heterocycles. The number of carbonyl (C=O) groups excluding carboxylic acids is 1. The van der Waals surface area contributed by atoms with Crippen molar-refractivity contribution in [2.75, 3.05) is 13.1 Å². The summed E-state index contributed by atoms with van der Waals surface area (Å²) in [6.07, 6.45) is 2.18. The summed E-state index contributed by atoms with van der Waals surface area (Å²) in [7, 11) is 0. The number of nitrogens with one attached hydrogen (secondary N) is 2. The first-order chi connectivity index (χ1) is 7.77. The third-order valence-corrected chi connectivity index (χ3v) is 3.44. The van der Waals surface area contributed by atoms with Crippen LogP contribution in [0.25, 0.3) is 0 Å². The van der Waals surface area contributed by atoms with E-state index in [1.54, 1.807) is 0 Å². The fourth-order valence-corrected chi connectivity index (χ4v) is 2.35. The molecule has 1 amide bonds. The second-order valence-corrected chi connectivity index (χ2v) is 4.85. The van der Waals surface area contributed by atoms with E-state index in [2.05, 4.69) is 26.6 Å². The predicted octanol–water partition coefficient (Wildman–Crippen LogP) is 2.35. The van der Waals surface area contributed by atoms with Crippen LogP contribution in [0.4, 0.5) is 0 Å². The minimum absolute atomic E-state index is 0. The van der Waals surface area contributed by atoms with E-state index in [0.29, 0.717) is 5.56 Å². The van der Waals surface area contributed by atoms with E-state index in [0.717, 1.165) is 30.4 Å². The summed E-state index contributed by atoms with van der Waals surface area (Å²) in [5, 5.41) is 6.32. The maximum absolute atomic E-state index is 12.0. The molecule has 0 radical (unpaired) electrons. The fraction of sp³-hybridized carbons (Fsp3) is 0.417. The van der Waals surface area contributed by atoms with Gasteiger partial charge in [-0.3, -0.25) is 4.79 Å². The maximum Gasteiger partial charge on any atom is 0.252 e. The number of amides is 1. The number of benzene rings is 1. The van der Waals surface area contributed by atoms with Crippen LogP contribution in [0.3, 0.4) is 0 Å². The van der Waals surface area contributed by atoms with Gasteiger partial charge in [-0.05, 0) is 47.4 Å². The molecule has 1 aromatic rings. The Bertz CT molecular complexity index is 381. The standard InChI is InChI=1S/C12H15BrN2O.ClH/c13-11-6-2-1-5-10(11)12(16)15-9-4-3-7-14-8-9;/h1-2,5-6,9,14H,3-4,7-8H2,(H,15,16);1H. The normalized spacial score (nSPS) is 19.2. The molecule has 1 heterocycles. The summed E-state index contributed by atoms with van der Waals surface area (Å²) in [5.74, 6) is 0.00109. The number of piperidine rings is 1. The summed E-state index contributed by atoms with van der Waals surface area (Å²) in [4.78, 5) is 12.0. The summed E-state index contributed by atoms with van der Waals surface area (Å²) in [5.41, 5.74) is 0.702. The molecule has 1 unspecified atom stereocenters. The van der Waals surface area contributed by atoms with Crippen LogP contribution in [0.5, 0.6) is 0 Å². The van der Waals surface area contributed by atoms with Crippen molar-refractivity contribution in [3.8, 4) is 0 Å². The predicted molar refractivity (Wildman–Crippen MR) is 74.7 cm³/mol. The molecular weight excluding hydrogens is 304 g/mol. The zero-order valence-electron chi connectivity index (χ0n) is 9.41. The van der Waals surface area contributed by atoms with Gasteiger partial charge in [-0.25, -0.2) is 0 Å². The minimum Gasteiger partial charge on any atom is -0.348 e. The highest BCUT2D eigenvalue weighted by Gasteiger charge is 2.17. The first kappa shape index (κ1) is 14.5. The van der Waals surface area contributed by atoms with Gasteiger partial charge in [0.2, 0.25) is 0 Å². The quantitative estimate of drug-likeness (QED) is 0.878. The van der Waals surface area contributed by atoms with Crippen LogP contribution in [-0.4, -0.2) is 25.0 Å². The molecule has 0 saturated carbocycles. The molecule has 94 valence electrons. The average Bonchev–Trinajstić information content (AvgIpc) is 2.31. The second-order valence-electron chi connectivity index (χ2n) is 4.00. The van der Waals surface area contributed by atoms with Gasteiger partial charge in [0.15, 0.2) is 0 Å². The molecular formula is C12H16BrClN2O. The highest BCUT2D eigenvalue weighted by atomic mass is 79.9. The van der Waals surface area contributed by atoms with Gasteiger partial charge < -0.3 is 10.6 Å². The zero-order valence-corrected chi connectivity index (χ0v) is 11.8. The monoisotopic (exact) mass is 318 g/mol. The van der Waals surface area contributed by atoms with Crippen molar-refractivity contribution in [1.29, 1.82) is 0 Å². The molecule has 2 N–H and O–H groups in total. The van der Waals surface area contributed by atoms with Gasteiger partial charge in [-0.1, -0.05) is 12.1 Å². The van der Waals surface area contributed by atoms with Crippen molar-refractivity contribution in [2.24, 2.45) is 0 Å². The molecule has 1 aromatic carbocycles. The van der Waals surface area contributed by atoms with Gasteiger partial charge in [0.05, 0.1) is 5.56 Å². The molecule has 2 rings (SSSR count). The lowest BCUT2D eigenvalue weighted by Gasteiger charge is -2.23. The molecule has 1 aliphatic heterocycles. The van der Waals surface area contributed by atoms with E-state index < -0.39 is 0 Å². The number of carbonyl (C=O) groups is 1. The molecule has 3 nitrogen and oxygen atoms in total. The van der Waals surface area contributed by atoms with Gasteiger partial charge in [-0.15, -0.1) is 12.4 Å². The zero-order chi connectivity index (χ0) is 11.4. The van der Waals surface area contributed by atoms with Gasteiger partial charge in [0.1, 0.15) is 0 Å². The SMILES string of the molecule is Cl.O=C(NC1CCCNC1)c1ccccc1Br. The Labute approximate surface area is 116 Å². The molecule has 1 atom stereocenters. The van der Waals surface area contributed by atoms with Crippen LogP contribution in [0.1, 0.15) is 23.2 Å². The summed E-state index contributed by atoms with van der Waals surface area (Å²) in [6.45, 7) is 1.93. The lowest BCUT2D eigenvalue weighted by molar-refractivity contribution is 0.0930. The van der Waals surface area contributed by atoms with Crippen LogP contribution in [0.2, 0.25) is 0 Å². The summed E-state index contributed by atoms with van der Waals surface area (Å²) < 4.78 is 0.844. The van der Waals surface area contributed by atoms with Crippen molar-refractivity contribution in [1.82, 2.24) is 10.6 Å². The Kier molecular flexibility index (Phi) is 5.95. The Morgan fingerprint density at radius 1 is 1.41 bits per heavy atom. The van der Waals surface area contributed by atoms with Gasteiger partial charge in [-0.2, -0.15) is 0 Å². The van der Waals surface area contributed by atoms with Crippen molar-refractivity contribution in [3.63, 3.8) is 0 Å². The molecule has 1 aliphatic rings. The summed E-state index contributed by atoms with van der Waals surface area (Å²) in [6, 6.07) is 7.75. The molecule has 0 spiro atoms. The van der Waals surface area contributed by atoms with Gasteiger partial charge >= 0.3 is 0 Å². The van der Waals surface area contributed by atoms with Gasteiger partial charge in [0, 0.05) is 17.1 Å². The van der Waals surface area contributed by atoms with Crippen molar-refractivity contribution < 1.29 is 4.79 Å². The molecule has 1 fully saturated rings. The molecule has 17 heavy (non-hydrogen) atoms. The highest BCUT2D eigenvalue weighted by molar-refractivity contribution is 9.10. The molecule has 0 bridgehead atoms. The second kappa shape index (κ2) is 6.99. The van der Waals surface area contributed by atoms with Crippen LogP contribution >= 0.6 is 28.3 Å². The first-order valence-corrected chi connectivity index (χ1v) is 6.33. The van der Waals surface area contributed by atoms with Crippen LogP contribution < -0.4 is 10.6 Å². The first-order valence-electron chi connectivity index (χ1n) is 5.53. The smallest absolute Gasteiger partial charge is 0.252 e. The molecule has 0 aromatic heterocycles. The Hall–Kier alpha value is -0.580. The van der Waals surface area contributed by atoms with E-state index in [4.69, 9.17) is 0 Å². The Morgan fingerprint density at radius 2 is 2.18 bits per heavy atom. The lowest BCUT2D eigenvalue weighted by atomic mass is 10.1. The number of rotatable bonds is 2. The van der Waals surface area contributed by atoms with Gasteiger partial charge in [0.25, 0.3) is 5.91 Å². The summed E-state index contributed by atoms with van der Waals surface area (Å²) >= 11 is 3.39. The lowest BCUT2D eigenvalue weighted by Crippen LogP contribution is -2.45. The minimum atomic E-state index is 0. The van der Waals surface area contributed by atoms with E-state index in [1.165, 1.54) is 0 Å². The molecule has 0 aliphatic carbocycles. The Balaban J connectivity index is 0.00000144. The molecule has 5 heteroatoms. The fourth-order valence-electron chi connectivity index (χ4n) is 1.88. The van der Waals surface area contributed by atoms with E-state index in [1.807, 2.05) is 24.3 Å².